The van der Waals surface area contributed by atoms with E-state index in [4.69, 9.17) is 10.5 Å². The lowest BCUT2D eigenvalue weighted by Gasteiger charge is -2.30. The maximum atomic E-state index is 12.7. The van der Waals surface area contributed by atoms with Crippen LogP contribution in [0.4, 0.5) is 5.69 Å². The number of para-hydroxylation sites is 1. The Hall–Kier alpha value is -2.86. The van der Waals surface area contributed by atoms with Gasteiger partial charge in [0.1, 0.15) is 12.4 Å². The maximum Gasteiger partial charge on any atom is 0.231 e. The Morgan fingerprint density at radius 3 is 2.66 bits per heavy atom. The molecule has 29 heavy (non-hydrogen) atoms. The first-order valence-corrected chi connectivity index (χ1v) is 10.2. The largest absolute Gasteiger partial charge is 0.492 e. The van der Waals surface area contributed by atoms with Crippen molar-refractivity contribution >= 4 is 17.5 Å². The molecule has 4 rings (SSSR count). The standard InChI is InChI=1S/C23H27N3O3/c24-22(27)17-8-10-26(11-9-17)14-16-4-3-6-20(12-16)25-23(28)19-13-18-5-1-2-7-21(18)29-15-19/h1-7,12,17,19H,8-11,13-15H2,(H2,24,27)(H,25,28). The molecule has 0 bridgehead atoms. The zero-order chi connectivity index (χ0) is 20.2. The van der Waals surface area contributed by atoms with Crippen molar-refractivity contribution in [3.8, 4) is 5.75 Å². The molecule has 1 saturated heterocycles. The summed E-state index contributed by atoms with van der Waals surface area (Å²) in [6, 6.07) is 15.8. The number of nitrogens with zero attached hydrogens (tertiary/aromatic N) is 1. The first-order chi connectivity index (χ1) is 14.1. The Bertz CT molecular complexity index is 890. The highest BCUT2D eigenvalue weighted by Crippen LogP contribution is 2.27. The number of hydrogen-bond donors (Lipinski definition) is 2. The van der Waals surface area contributed by atoms with E-state index in [0.717, 1.165) is 55.0 Å². The zero-order valence-corrected chi connectivity index (χ0v) is 16.5. The van der Waals surface area contributed by atoms with Crippen LogP contribution in [-0.2, 0) is 22.6 Å². The van der Waals surface area contributed by atoms with Crippen molar-refractivity contribution in [1.82, 2.24) is 4.90 Å². The van der Waals surface area contributed by atoms with Crippen molar-refractivity contribution in [1.29, 1.82) is 0 Å². The van der Waals surface area contributed by atoms with E-state index in [0.29, 0.717) is 13.0 Å². The van der Waals surface area contributed by atoms with E-state index in [1.165, 1.54) is 0 Å². The molecule has 2 aromatic carbocycles. The average molecular weight is 393 g/mol. The molecule has 1 unspecified atom stereocenters. The lowest BCUT2D eigenvalue weighted by Crippen LogP contribution is -2.38. The summed E-state index contributed by atoms with van der Waals surface area (Å²) in [7, 11) is 0. The first kappa shape index (κ1) is 19.5. The quantitative estimate of drug-likeness (QED) is 0.818. The van der Waals surface area contributed by atoms with E-state index in [1.807, 2.05) is 42.5 Å². The van der Waals surface area contributed by atoms with Crippen molar-refractivity contribution in [2.75, 3.05) is 25.0 Å². The predicted molar refractivity (Wildman–Crippen MR) is 111 cm³/mol. The van der Waals surface area contributed by atoms with Gasteiger partial charge in [0.15, 0.2) is 0 Å². The first-order valence-electron chi connectivity index (χ1n) is 10.2. The Morgan fingerprint density at radius 2 is 1.86 bits per heavy atom. The van der Waals surface area contributed by atoms with Crippen LogP contribution in [-0.4, -0.2) is 36.4 Å². The molecule has 0 aliphatic carbocycles. The number of anilines is 1. The van der Waals surface area contributed by atoms with Crippen LogP contribution in [0.3, 0.4) is 0 Å². The normalized spacial score (nSPS) is 19.8. The minimum absolute atomic E-state index is 0.000264. The number of fused-ring (bicyclic) bond motifs is 1. The molecular weight excluding hydrogens is 366 g/mol. The number of carbonyl (C=O) groups excluding carboxylic acids is 2. The molecule has 152 valence electrons. The summed E-state index contributed by atoms with van der Waals surface area (Å²) in [5.41, 5.74) is 8.44. The van der Waals surface area contributed by atoms with Crippen molar-refractivity contribution in [3.05, 3.63) is 59.7 Å². The van der Waals surface area contributed by atoms with Crippen LogP contribution in [0.1, 0.15) is 24.0 Å². The minimum atomic E-state index is -0.193. The molecule has 0 saturated carbocycles. The summed E-state index contributed by atoms with van der Waals surface area (Å²) < 4.78 is 5.74. The summed E-state index contributed by atoms with van der Waals surface area (Å²) in [6.07, 6.45) is 2.32. The number of benzene rings is 2. The summed E-state index contributed by atoms with van der Waals surface area (Å²) in [4.78, 5) is 26.4. The number of primary amides is 1. The third kappa shape index (κ3) is 4.77. The summed E-state index contributed by atoms with van der Waals surface area (Å²) in [5.74, 6) is 0.474. The Morgan fingerprint density at radius 1 is 1.07 bits per heavy atom. The van der Waals surface area contributed by atoms with E-state index < -0.39 is 0 Å². The van der Waals surface area contributed by atoms with Gasteiger partial charge in [-0.2, -0.15) is 0 Å². The second kappa shape index (κ2) is 8.66. The molecule has 1 fully saturated rings. The Labute approximate surface area is 171 Å². The van der Waals surface area contributed by atoms with Gasteiger partial charge in [-0.15, -0.1) is 0 Å². The van der Waals surface area contributed by atoms with Crippen LogP contribution in [0.2, 0.25) is 0 Å². The maximum absolute atomic E-state index is 12.7. The van der Waals surface area contributed by atoms with E-state index >= 15 is 0 Å². The number of rotatable bonds is 5. The van der Waals surface area contributed by atoms with Crippen LogP contribution in [0, 0.1) is 11.8 Å². The topological polar surface area (TPSA) is 84.7 Å². The molecule has 2 aromatic rings. The van der Waals surface area contributed by atoms with Gasteiger partial charge in [0.2, 0.25) is 11.8 Å². The van der Waals surface area contributed by atoms with E-state index in [9.17, 15) is 9.59 Å². The van der Waals surface area contributed by atoms with Gasteiger partial charge in [-0.05, 0) is 61.7 Å². The highest BCUT2D eigenvalue weighted by Gasteiger charge is 2.26. The van der Waals surface area contributed by atoms with Crippen LogP contribution in [0.25, 0.3) is 0 Å². The van der Waals surface area contributed by atoms with E-state index in [1.54, 1.807) is 0 Å². The monoisotopic (exact) mass is 393 g/mol. The van der Waals surface area contributed by atoms with Gasteiger partial charge in [-0.25, -0.2) is 0 Å². The molecule has 0 radical (unpaired) electrons. The molecule has 1 atom stereocenters. The summed E-state index contributed by atoms with van der Waals surface area (Å²) >= 11 is 0. The molecule has 6 heteroatoms. The fourth-order valence-corrected chi connectivity index (χ4v) is 4.12. The Balaban J connectivity index is 1.33. The van der Waals surface area contributed by atoms with Crippen molar-refractivity contribution < 1.29 is 14.3 Å². The van der Waals surface area contributed by atoms with Crippen LogP contribution >= 0.6 is 0 Å². The number of hydrogen-bond acceptors (Lipinski definition) is 4. The SMILES string of the molecule is NC(=O)C1CCN(Cc2cccc(NC(=O)C3COc4ccccc4C3)c2)CC1. The number of nitrogens with one attached hydrogen (secondary N) is 1. The molecule has 2 aliphatic heterocycles. The summed E-state index contributed by atoms with van der Waals surface area (Å²) in [5, 5.41) is 3.04. The third-order valence-electron chi connectivity index (χ3n) is 5.84. The number of amides is 2. The average Bonchev–Trinajstić information content (AvgIpc) is 2.74. The number of carbonyl (C=O) groups is 2. The second-order valence-corrected chi connectivity index (χ2v) is 7.96. The smallest absolute Gasteiger partial charge is 0.231 e. The molecule has 2 aliphatic rings. The van der Waals surface area contributed by atoms with Gasteiger partial charge in [0.05, 0.1) is 5.92 Å². The second-order valence-electron chi connectivity index (χ2n) is 7.96. The van der Waals surface area contributed by atoms with E-state index in [2.05, 4.69) is 16.3 Å². The van der Waals surface area contributed by atoms with Gasteiger partial charge in [-0.3, -0.25) is 14.5 Å². The number of ether oxygens (including phenoxy) is 1. The number of piperidine rings is 1. The van der Waals surface area contributed by atoms with Crippen molar-refractivity contribution in [3.63, 3.8) is 0 Å². The van der Waals surface area contributed by atoms with Crippen LogP contribution in [0.15, 0.2) is 48.5 Å². The fourth-order valence-electron chi connectivity index (χ4n) is 4.12. The van der Waals surface area contributed by atoms with Gasteiger partial charge >= 0.3 is 0 Å². The van der Waals surface area contributed by atoms with Gasteiger partial charge in [0.25, 0.3) is 0 Å². The molecular formula is C23H27N3O3. The third-order valence-corrected chi connectivity index (χ3v) is 5.84. The highest BCUT2D eigenvalue weighted by atomic mass is 16.5. The van der Waals surface area contributed by atoms with Crippen LogP contribution in [0.5, 0.6) is 5.75 Å². The Kier molecular flexibility index (Phi) is 5.81. The molecule has 6 nitrogen and oxygen atoms in total. The van der Waals surface area contributed by atoms with Crippen LogP contribution < -0.4 is 15.8 Å². The van der Waals surface area contributed by atoms with Crippen molar-refractivity contribution in [2.45, 2.75) is 25.8 Å². The lowest BCUT2D eigenvalue weighted by atomic mass is 9.95. The van der Waals surface area contributed by atoms with Crippen molar-refractivity contribution in [2.24, 2.45) is 17.6 Å². The fraction of sp³-hybridized carbons (Fsp3) is 0.391. The molecule has 3 N–H and O–H groups in total. The number of likely N-dealkylation sites (tertiary alicyclic amines) is 1. The number of nitrogens with two attached hydrogens (primary N) is 1. The van der Waals surface area contributed by atoms with Gasteiger partial charge < -0.3 is 15.8 Å². The minimum Gasteiger partial charge on any atom is -0.492 e. The molecule has 2 heterocycles. The van der Waals surface area contributed by atoms with Gasteiger partial charge in [0, 0.05) is 18.2 Å². The molecule has 0 spiro atoms. The molecule has 2 amide bonds. The predicted octanol–water partition coefficient (Wildman–Crippen LogP) is 2.57. The lowest BCUT2D eigenvalue weighted by molar-refractivity contribution is -0.123. The van der Waals surface area contributed by atoms with E-state index in [-0.39, 0.29) is 23.7 Å². The zero-order valence-electron chi connectivity index (χ0n) is 16.5. The molecule has 0 aromatic heterocycles. The highest BCUT2D eigenvalue weighted by molar-refractivity contribution is 5.93. The summed E-state index contributed by atoms with van der Waals surface area (Å²) in [6.45, 7) is 2.93. The van der Waals surface area contributed by atoms with Gasteiger partial charge in [-0.1, -0.05) is 30.3 Å².